The third-order valence-electron chi connectivity index (χ3n) is 5.54. The van der Waals surface area contributed by atoms with Crippen molar-refractivity contribution in [2.75, 3.05) is 0 Å². The van der Waals surface area contributed by atoms with Crippen LogP contribution in [-0.2, 0) is 6.42 Å². The fraction of sp³-hybridized carbons (Fsp3) is 0.478. The zero-order valence-electron chi connectivity index (χ0n) is 16.0. The normalized spacial score (nSPS) is 20.7. The largest absolute Gasteiger partial charge is 0.434 e. The van der Waals surface area contributed by atoms with Gasteiger partial charge in [0.05, 0.1) is 0 Å². The summed E-state index contributed by atoms with van der Waals surface area (Å²) in [6, 6.07) is 7.18. The first-order valence-corrected chi connectivity index (χ1v) is 9.86. The SMILES string of the molecule is C/C=C/C1CCC(c2c(OC(F)F)cc3cc(CCC)ccc3c2F)CC1. The molecule has 1 aliphatic carbocycles. The van der Waals surface area contributed by atoms with Crippen molar-refractivity contribution in [1.29, 1.82) is 0 Å². The van der Waals surface area contributed by atoms with Crippen LogP contribution in [0.25, 0.3) is 10.8 Å². The molecule has 146 valence electrons. The van der Waals surface area contributed by atoms with Gasteiger partial charge < -0.3 is 4.74 Å². The minimum Gasteiger partial charge on any atom is -0.434 e. The van der Waals surface area contributed by atoms with Crippen molar-refractivity contribution < 1.29 is 17.9 Å². The van der Waals surface area contributed by atoms with Gasteiger partial charge in [0.1, 0.15) is 11.6 Å². The number of ether oxygens (including phenoxy) is 1. The molecule has 0 atom stereocenters. The van der Waals surface area contributed by atoms with Crippen LogP contribution in [0.4, 0.5) is 13.2 Å². The number of fused-ring (bicyclic) bond motifs is 1. The Labute approximate surface area is 159 Å². The van der Waals surface area contributed by atoms with Gasteiger partial charge in [-0.1, -0.05) is 43.7 Å². The van der Waals surface area contributed by atoms with Crippen molar-refractivity contribution in [3.05, 3.63) is 53.4 Å². The summed E-state index contributed by atoms with van der Waals surface area (Å²) in [5.74, 6) is 0.00428. The number of hydrogen-bond donors (Lipinski definition) is 0. The number of alkyl halides is 2. The molecule has 0 heterocycles. The van der Waals surface area contributed by atoms with E-state index in [2.05, 4.69) is 13.0 Å². The lowest BCUT2D eigenvalue weighted by molar-refractivity contribution is -0.0508. The molecule has 0 bridgehead atoms. The number of allylic oxidation sites excluding steroid dienone is 2. The molecule has 27 heavy (non-hydrogen) atoms. The highest BCUT2D eigenvalue weighted by Crippen LogP contribution is 2.44. The summed E-state index contributed by atoms with van der Waals surface area (Å²) in [6.07, 6.45) is 9.52. The van der Waals surface area contributed by atoms with Crippen molar-refractivity contribution in [1.82, 2.24) is 0 Å². The Morgan fingerprint density at radius 3 is 2.52 bits per heavy atom. The van der Waals surface area contributed by atoms with Gasteiger partial charge >= 0.3 is 6.61 Å². The second-order valence-corrected chi connectivity index (χ2v) is 7.42. The number of hydrogen-bond acceptors (Lipinski definition) is 1. The van der Waals surface area contributed by atoms with Crippen LogP contribution in [0, 0.1) is 11.7 Å². The monoisotopic (exact) mass is 376 g/mol. The summed E-state index contributed by atoms with van der Waals surface area (Å²) in [4.78, 5) is 0. The predicted octanol–water partition coefficient (Wildman–Crippen LogP) is 7.38. The van der Waals surface area contributed by atoms with Crippen molar-refractivity contribution in [2.45, 2.75) is 64.9 Å². The van der Waals surface area contributed by atoms with E-state index < -0.39 is 12.4 Å². The molecule has 0 radical (unpaired) electrons. The molecule has 1 nitrogen and oxygen atoms in total. The predicted molar refractivity (Wildman–Crippen MR) is 104 cm³/mol. The lowest BCUT2D eigenvalue weighted by atomic mass is 9.77. The van der Waals surface area contributed by atoms with Crippen LogP contribution in [0.3, 0.4) is 0 Å². The molecule has 2 aromatic carbocycles. The van der Waals surface area contributed by atoms with E-state index in [4.69, 9.17) is 4.74 Å². The second kappa shape index (κ2) is 8.81. The molecule has 0 amide bonds. The van der Waals surface area contributed by atoms with Crippen molar-refractivity contribution in [3.63, 3.8) is 0 Å². The highest BCUT2D eigenvalue weighted by molar-refractivity contribution is 5.86. The highest BCUT2D eigenvalue weighted by Gasteiger charge is 2.28. The Hall–Kier alpha value is -1.97. The van der Waals surface area contributed by atoms with Gasteiger partial charge in [-0.3, -0.25) is 0 Å². The van der Waals surface area contributed by atoms with Gasteiger partial charge in [-0.25, -0.2) is 4.39 Å². The second-order valence-electron chi connectivity index (χ2n) is 7.42. The first kappa shape index (κ1) is 19.8. The van der Waals surface area contributed by atoms with Gasteiger partial charge in [-0.05, 0) is 67.9 Å². The van der Waals surface area contributed by atoms with Crippen molar-refractivity contribution >= 4 is 10.8 Å². The fourth-order valence-corrected chi connectivity index (χ4v) is 4.29. The van der Waals surface area contributed by atoms with Crippen LogP contribution in [0.2, 0.25) is 0 Å². The Balaban J connectivity index is 2.02. The Morgan fingerprint density at radius 2 is 1.89 bits per heavy atom. The molecule has 1 aliphatic rings. The molecule has 1 fully saturated rings. The summed E-state index contributed by atoms with van der Waals surface area (Å²) in [5, 5.41) is 1.11. The molecular weight excluding hydrogens is 349 g/mol. The lowest BCUT2D eigenvalue weighted by Crippen LogP contribution is -2.15. The molecule has 0 spiro atoms. The quantitative estimate of drug-likeness (QED) is 0.478. The number of aryl methyl sites for hydroxylation is 1. The average Bonchev–Trinajstić information content (AvgIpc) is 2.63. The number of rotatable bonds is 6. The summed E-state index contributed by atoms with van der Waals surface area (Å²) in [6.45, 7) is 1.11. The average molecular weight is 376 g/mol. The molecule has 0 unspecified atom stereocenters. The molecule has 0 aliphatic heterocycles. The van der Waals surface area contributed by atoms with E-state index in [1.54, 1.807) is 12.1 Å². The first-order valence-electron chi connectivity index (χ1n) is 9.86. The van der Waals surface area contributed by atoms with Crippen LogP contribution >= 0.6 is 0 Å². The molecule has 0 N–H and O–H groups in total. The molecule has 2 aromatic rings. The number of halogens is 3. The standard InChI is InChI=1S/C23H27F3O/c1-3-5-15-7-10-17(11-8-15)21-20(27-23(25)26)14-18-13-16(6-4-2)9-12-19(18)22(21)24/h3,5,9,12-15,17,23H,4,6-8,10-11H2,1-2H3/b5-3+. The van der Waals surface area contributed by atoms with E-state index in [1.165, 1.54) is 0 Å². The molecule has 4 heteroatoms. The van der Waals surface area contributed by atoms with Crippen LogP contribution < -0.4 is 4.74 Å². The third-order valence-corrected chi connectivity index (χ3v) is 5.54. The van der Waals surface area contributed by atoms with Gasteiger partial charge in [0.15, 0.2) is 0 Å². The van der Waals surface area contributed by atoms with Crippen LogP contribution in [0.15, 0.2) is 36.4 Å². The van der Waals surface area contributed by atoms with E-state index >= 15 is 4.39 Å². The zero-order valence-corrected chi connectivity index (χ0v) is 16.0. The van der Waals surface area contributed by atoms with E-state index in [1.807, 2.05) is 25.1 Å². The summed E-state index contributed by atoms with van der Waals surface area (Å²) in [7, 11) is 0. The van der Waals surface area contributed by atoms with E-state index in [-0.39, 0.29) is 11.7 Å². The third kappa shape index (κ3) is 4.48. The van der Waals surface area contributed by atoms with Crippen molar-refractivity contribution in [3.8, 4) is 5.75 Å². The van der Waals surface area contributed by atoms with E-state index in [0.717, 1.165) is 44.1 Å². The van der Waals surface area contributed by atoms with Gasteiger partial charge in [-0.15, -0.1) is 0 Å². The molecular formula is C23H27F3O. The van der Waals surface area contributed by atoms with Crippen molar-refractivity contribution in [2.24, 2.45) is 5.92 Å². The van der Waals surface area contributed by atoms with Gasteiger partial charge in [0.25, 0.3) is 0 Å². The Morgan fingerprint density at radius 1 is 1.15 bits per heavy atom. The zero-order chi connectivity index (χ0) is 19.4. The fourth-order valence-electron chi connectivity index (χ4n) is 4.29. The summed E-state index contributed by atoms with van der Waals surface area (Å²) >= 11 is 0. The minimum absolute atomic E-state index is 0.00173. The first-order chi connectivity index (χ1) is 13.0. The lowest BCUT2D eigenvalue weighted by Gasteiger charge is -2.29. The van der Waals surface area contributed by atoms with Gasteiger partial charge in [0.2, 0.25) is 0 Å². The minimum atomic E-state index is -2.96. The van der Waals surface area contributed by atoms with Crippen LogP contribution in [-0.4, -0.2) is 6.61 Å². The Kier molecular flexibility index (Phi) is 6.46. The molecule has 1 saturated carbocycles. The van der Waals surface area contributed by atoms with E-state index in [0.29, 0.717) is 22.3 Å². The molecule has 0 saturated heterocycles. The topological polar surface area (TPSA) is 9.23 Å². The molecule has 3 rings (SSSR count). The smallest absolute Gasteiger partial charge is 0.387 e. The van der Waals surface area contributed by atoms with E-state index in [9.17, 15) is 8.78 Å². The highest BCUT2D eigenvalue weighted by atomic mass is 19.3. The summed E-state index contributed by atoms with van der Waals surface area (Å²) in [5.41, 5.74) is 1.40. The van der Waals surface area contributed by atoms with Gasteiger partial charge in [0, 0.05) is 10.9 Å². The number of benzene rings is 2. The maximum atomic E-state index is 15.4. The summed E-state index contributed by atoms with van der Waals surface area (Å²) < 4.78 is 46.2. The van der Waals surface area contributed by atoms with Crippen LogP contribution in [0.1, 0.15) is 63.0 Å². The van der Waals surface area contributed by atoms with Crippen LogP contribution in [0.5, 0.6) is 5.75 Å². The maximum absolute atomic E-state index is 15.4. The Bertz CT molecular complexity index is 805. The van der Waals surface area contributed by atoms with Gasteiger partial charge in [-0.2, -0.15) is 8.78 Å². The molecule has 0 aromatic heterocycles. The maximum Gasteiger partial charge on any atom is 0.387 e.